The predicted molar refractivity (Wildman–Crippen MR) is 115 cm³/mol. The first-order chi connectivity index (χ1) is 14.7. The molecule has 3 amide bonds. The Morgan fingerprint density at radius 3 is 2.03 bits per heavy atom. The first-order valence-corrected chi connectivity index (χ1v) is 11.1. The predicted octanol–water partition coefficient (Wildman–Crippen LogP) is 0.237. The van der Waals surface area contributed by atoms with Gasteiger partial charge in [-0.15, -0.1) is 0 Å². The van der Waals surface area contributed by atoms with E-state index >= 15 is 0 Å². The summed E-state index contributed by atoms with van der Waals surface area (Å²) in [7, 11) is 0. The van der Waals surface area contributed by atoms with Gasteiger partial charge in [-0.05, 0) is 6.42 Å². The molecule has 2 aromatic carbocycles. The highest BCUT2D eigenvalue weighted by atomic mass is 16.2. The molecule has 2 aromatic rings. The molecule has 0 saturated carbocycles. The number of hydrogen-bond donors (Lipinski definition) is 3. The molecule has 0 unspecified atom stereocenters. The lowest BCUT2D eigenvalue weighted by atomic mass is 9.96. The molecule has 0 aliphatic carbocycles. The van der Waals surface area contributed by atoms with Crippen molar-refractivity contribution in [2.75, 3.05) is 32.8 Å². The number of nitrogens with zero attached hydrogens (tertiary/aromatic N) is 1. The van der Waals surface area contributed by atoms with Crippen molar-refractivity contribution < 1.29 is 19.4 Å². The smallest absolute Gasteiger partial charge is 0.326 e. The van der Waals surface area contributed by atoms with Gasteiger partial charge in [-0.2, -0.15) is 0 Å². The number of quaternary nitrogens is 2. The molecule has 158 valence electrons. The number of piperazine rings is 1. The maximum Gasteiger partial charge on any atom is 0.329 e. The highest BCUT2D eigenvalue weighted by Gasteiger charge is 2.40. The van der Waals surface area contributed by atoms with Gasteiger partial charge in [0.1, 0.15) is 38.3 Å². The molecule has 0 spiro atoms. The summed E-state index contributed by atoms with van der Waals surface area (Å²) in [5.41, 5.74) is 2.66. The number of nitrogens with one attached hydrogen (secondary N) is 3. The first-order valence-electron chi connectivity index (χ1n) is 11.1. The van der Waals surface area contributed by atoms with Crippen LogP contribution < -0.4 is 15.1 Å². The summed E-state index contributed by atoms with van der Waals surface area (Å²) < 4.78 is 0. The van der Waals surface area contributed by atoms with Gasteiger partial charge in [0.05, 0.1) is 0 Å². The van der Waals surface area contributed by atoms with Crippen LogP contribution in [0, 0.1) is 0 Å². The molecule has 0 radical (unpaired) electrons. The van der Waals surface area contributed by atoms with Crippen LogP contribution >= 0.6 is 0 Å². The molecule has 2 aliphatic heterocycles. The number of imide groups is 1. The van der Waals surface area contributed by atoms with E-state index in [4.69, 9.17) is 0 Å². The summed E-state index contributed by atoms with van der Waals surface area (Å²) in [6.07, 6.45) is 1.60. The molecule has 1 atom stereocenters. The van der Waals surface area contributed by atoms with Gasteiger partial charge in [0.25, 0.3) is 5.91 Å². The summed E-state index contributed by atoms with van der Waals surface area (Å²) in [6.45, 7) is 6.41. The number of carbonyl (C=O) groups excluding carboxylic acids is 2. The van der Waals surface area contributed by atoms with E-state index in [0.717, 1.165) is 32.6 Å². The fourth-order valence-electron chi connectivity index (χ4n) is 4.76. The van der Waals surface area contributed by atoms with Gasteiger partial charge in [0, 0.05) is 11.1 Å². The van der Waals surface area contributed by atoms with Crippen LogP contribution in [-0.2, 0) is 4.79 Å². The van der Waals surface area contributed by atoms with E-state index in [1.54, 1.807) is 0 Å². The van der Waals surface area contributed by atoms with Crippen molar-refractivity contribution in [3.63, 3.8) is 0 Å². The summed E-state index contributed by atoms with van der Waals surface area (Å²) in [5.74, 6) is -0.0597. The lowest BCUT2D eigenvalue weighted by Gasteiger charge is -2.35. The van der Waals surface area contributed by atoms with Crippen LogP contribution in [0.2, 0.25) is 0 Å². The third-order valence-electron chi connectivity index (χ3n) is 6.34. The standard InChI is InChI=1S/C24H30N4O2/c1-2-9-21-23(29)28(24(30)25-21)18-26-14-16-27(17-15-26)22(19-10-5-3-6-11-19)20-12-7-4-8-13-20/h3-8,10-13,21-22H,2,9,14-18H2,1H3,(H,25,30)/p+2/t21-/m1/s1. The molecular formula is C24H32N4O2+2. The van der Waals surface area contributed by atoms with E-state index in [0.29, 0.717) is 19.1 Å². The molecular weight excluding hydrogens is 376 g/mol. The summed E-state index contributed by atoms with van der Waals surface area (Å²) in [4.78, 5) is 29.1. The number of benzene rings is 2. The monoisotopic (exact) mass is 408 g/mol. The zero-order valence-corrected chi connectivity index (χ0v) is 17.6. The topological polar surface area (TPSA) is 58.3 Å². The van der Waals surface area contributed by atoms with Gasteiger partial charge >= 0.3 is 6.03 Å². The number of rotatable bonds is 7. The molecule has 0 bridgehead atoms. The molecule has 3 N–H and O–H groups in total. The average molecular weight is 409 g/mol. The van der Waals surface area contributed by atoms with E-state index in [-0.39, 0.29) is 18.0 Å². The van der Waals surface area contributed by atoms with Crippen molar-refractivity contribution in [2.45, 2.75) is 31.8 Å². The lowest BCUT2D eigenvalue weighted by Crippen LogP contribution is -3.28. The van der Waals surface area contributed by atoms with Crippen molar-refractivity contribution in [1.29, 1.82) is 0 Å². The maximum atomic E-state index is 12.5. The van der Waals surface area contributed by atoms with Crippen molar-refractivity contribution >= 4 is 11.9 Å². The van der Waals surface area contributed by atoms with Crippen LogP contribution in [0.3, 0.4) is 0 Å². The zero-order chi connectivity index (χ0) is 20.9. The van der Waals surface area contributed by atoms with Crippen LogP contribution in [-0.4, -0.2) is 55.7 Å². The second-order valence-electron chi connectivity index (χ2n) is 8.38. The Kier molecular flexibility index (Phi) is 6.45. The van der Waals surface area contributed by atoms with Crippen molar-refractivity contribution in [2.24, 2.45) is 0 Å². The van der Waals surface area contributed by atoms with E-state index < -0.39 is 0 Å². The third-order valence-corrected chi connectivity index (χ3v) is 6.34. The fourth-order valence-corrected chi connectivity index (χ4v) is 4.76. The largest absolute Gasteiger partial charge is 0.329 e. The van der Waals surface area contributed by atoms with Gasteiger partial charge in [0.2, 0.25) is 0 Å². The molecule has 6 heteroatoms. The Morgan fingerprint density at radius 1 is 0.933 bits per heavy atom. The van der Waals surface area contributed by atoms with E-state index in [2.05, 4.69) is 66.0 Å². The number of carbonyl (C=O) groups is 2. The van der Waals surface area contributed by atoms with Gasteiger partial charge in [0.15, 0.2) is 6.67 Å². The van der Waals surface area contributed by atoms with Gasteiger partial charge in [-0.25, -0.2) is 9.69 Å². The Balaban J connectivity index is 1.42. The lowest BCUT2D eigenvalue weighted by molar-refractivity contribution is -1.03. The zero-order valence-electron chi connectivity index (χ0n) is 17.6. The second kappa shape index (κ2) is 9.41. The summed E-state index contributed by atoms with van der Waals surface area (Å²) in [5, 5.41) is 2.83. The number of urea groups is 1. The third kappa shape index (κ3) is 4.40. The van der Waals surface area contributed by atoms with Gasteiger partial charge in [-0.3, -0.25) is 4.79 Å². The summed E-state index contributed by atoms with van der Waals surface area (Å²) >= 11 is 0. The quantitative estimate of drug-likeness (QED) is 0.575. The van der Waals surface area contributed by atoms with Crippen LogP contribution in [0.1, 0.15) is 36.9 Å². The van der Waals surface area contributed by atoms with Crippen LogP contribution in [0.4, 0.5) is 4.79 Å². The minimum Gasteiger partial charge on any atom is -0.326 e. The normalized spacial score (nSPS) is 24.3. The Labute approximate surface area is 178 Å². The van der Waals surface area contributed by atoms with E-state index in [1.165, 1.54) is 25.8 Å². The number of hydrogen-bond acceptors (Lipinski definition) is 2. The summed E-state index contributed by atoms with van der Waals surface area (Å²) in [6, 6.07) is 21.1. The minimum atomic E-state index is -0.339. The Bertz CT molecular complexity index is 811. The maximum absolute atomic E-state index is 12.5. The highest BCUT2D eigenvalue weighted by molar-refractivity contribution is 6.03. The van der Waals surface area contributed by atoms with Crippen LogP contribution in [0.5, 0.6) is 0 Å². The Morgan fingerprint density at radius 2 is 1.50 bits per heavy atom. The fraction of sp³-hybridized carbons (Fsp3) is 0.417. The molecule has 2 heterocycles. The second-order valence-corrected chi connectivity index (χ2v) is 8.38. The molecule has 4 rings (SSSR count). The van der Waals surface area contributed by atoms with Crippen molar-refractivity contribution in [3.8, 4) is 0 Å². The molecule has 6 nitrogen and oxygen atoms in total. The average Bonchev–Trinajstić information content (AvgIpc) is 3.04. The molecule has 30 heavy (non-hydrogen) atoms. The molecule has 2 saturated heterocycles. The molecule has 2 fully saturated rings. The van der Waals surface area contributed by atoms with E-state index in [9.17, 15) is 9.59 Å². The minimum absolute atomic E-state index is 0.0597. The first kappa shape index (κ1) is 20.6. The molecule has 0 aromatic heterocycles. The number of amides is 3. The highest BCUT2D eigenvalue weighted by Crippen LogP contribution is 2.18. The van der Waals surface area contributed by atoms with E-state index in [1.807, 2.05) is 6.92 Å². The van der Waals surface area contributed by atoms with Crippen LogP contribution in [0.25, 0.3) is 0 Å². The van der Waals surface area contributed by atoms with Gasteiger partial charge in [-0.1, -0.05) is 74.0 Å². The molecule has 2 aliphatic rings. The van der Waals surface area contributed by atoms with Gasteiger partial charge < -0.3 is 15.1 Å². The van der Waals surface area contributed by atoms with Crippen molar-refractivity contribution in [3.05, 3.63) is 71.8 Å². The van der Waals surface area contributed by atoms with Crippen LogP contribution in [0.15, 0.2) is 60.7 Å². The Hall–Kier alpha value is -2.70. The SMILES string of the molecule is CCC[C@H]1NC(=O)N(C[NH+]2CC[NH+](C(c3ccccc3)c3ccccc3)CC2)C1=O. The van der Waals surface area contributed by atoms with Crippen molar-refractivity contribution in [1.82, 2.24) is 10.2 Å².